The second kappa shape index (κ2) is 8.28. The van der Waals surface area contributed by atoms with E-state index in [0.29, 0.717) is 36.0 Å². The molecule has 0 unspecified atom stereocenters. The first kappa shape index (κ1) is 23.0. The maximum absolute atomic E-state index is 12.6. The van der Waals surface area contributed by atoms with Gasteiger partial charge >= 0.3 is 6.18 Å². The zero-order valence-electron chi connectivity index (χ0n) is 18.5. The molecule has 1 fully saturated rings. The highest BCUT2D eigenvalue weighted by Crippen LogP contribution is 2.37. The number of aryl methyl sites for hydroxylation is 1. The summed E-state index contributed by atoms with van der Waals surface area (Å²) in [6, 6.07) is 0.0247. The highest BCUT2D eigenvalue weighted by Gasteiger charge is 2.44. The lowest BCUT2D eigenvalue weighted by molar-refractivity contribution is -0.145. The molecule has 2 aromatic rings. The van der Waals surface area contributed by atoms with Crippen LogP contribution in [0.4, 0.5) is 30.6 Å². The van der Waals surface area contributed by atoms with E-state index in [0.717, 1.165) is 12.4 Å². The third kappa shape index (κ3) is 4.36. The molecule has 0 aromatic carbocycles. The fraction of sp³-hybridized carbons (Fsp3) is 0.550. The minimum atomic E-state index is -4.59. The monoisotopic (exact) mass is 467 g/mol. The Labute approximate surface area is 187 Å². The zero-order valence-corrected chi connectivity index (χ0v) is 18.5. The number of amides is 1. The van der Waals surface area contributed by atoms with Crippen LogP contribution in [0, 0.1) is 6.92 Å². The molecule has 0 saturated heterocycles. The Morgan fingerprint density at radius 3 is 2.55 bits per heavy atom. The number of hydrogen-bond donors (Lipinski definition) is 2. The SMILES string of the molecule is COC[C@@]1(C)C(=O)Nc2c(C)nc(NC3CC(Oc4cnc(C(F)(F)F)nc4)C3)nc2N1C. The van der Waals surface area contributed by atoms with Crippen LogP contribution >= 0.6 is 0 Å². The van der Waals surface area contributed by atoms with Gasteiger partial charge in [0.15, 0.2) is 11.6 Å². The Bertz CT molecular complexity index is 1040. The molecule has 2 aromatic heterocycles. The summed E-state index contributed by atoms with van der Waals surface area (Å²) in [5, 5.41) is 6.13. The standard InChI is InChI=1S/C20H24F3N7O3/c1-10-14-15(30(3)19(2,9-32-4)17(31)28-14)29-18(26-10)27-11-5-12(6-11)33-13-7-24-16(25-8-13)20(21,22)23/h7-8,11-12H,5-6,9H2,1-4H3,(H,28,31)(H,26,27,29)/t11?,12?,19-/m0/s1. The molecule has 1 aliphatic carbocycles. The average Bonchev–Trinajstić information content (AvgIpc) is 2.72. The van der Waals surface area contributed by atoms with E-state index in [1.54, 1.807) is 25.8 Å². The van der Waals surface area contributed by atoms with E-state index in [9.17, 15) is 18.0 Å². The van der Waals surface area contributed by atoms with Crippen LogP contribution in [0.25, 0.3) is 0 Å². The summed E-state index contributed by atoms with van der Waals surface area (Å²) in [6.45, 7) is 3.75. The van der Waals surface area contributed by atoms with Crippen molar-refractivity contribution >= 4 is 23.4 Å². The largest absolute Gasteiger partial charge is 0.487 e. The van der Waals surface area contributed by atoms with Gasteiger partial charge in [0.1, 0.15) is 17.3 Å². The number of nitrogens with one attached hydrogen (secondary N) is 2. The number of anilines is 3. The third-order valence-electron chi connectivity index (χ3n) is 5.89. The van der Waals surface area contributed by atoms with Crippen LogP contribution in [0.2, 0.25) is 0 Å². The molecular formula is C20H24F3N7O3. The maximum Gasteiger partial charge on any atom is 0.451 e. The highest BCUT2D eigenvalue weighted by molar-refractivity contribution is 6.06. The van der Waals surface area contributed by atoms with Crippen LogP contribution in [0.3, 0.4) is 0 Å². The van der Waals surface area contributed by atoms with Crippen LogP contribution in [0.5, 0.6) is 5.75 Å². The molecule has 2 aliphatic rings. The van der Waals surface area contributed by atoms with Gasteiger partial charge in [-0.05, 0) is 13.8 Å². The van der Waals surface area contributed by atoms with Crippen molar-refractivity contribution in [1.82, 2.24) is 19.9 Å². The second-order valence-electron chi connectivity index (χ2n) is 8.34. The van der Waals surface area contributed by atoms with Crippen molar-refractivity contribution in [2.24, 2.45) is 0 Å². The Balaban J connectivity index is 1.39. The Hall–Kier alpha value is -3.22. The number of hydrogen-bond acceptors (Lipinski definition) is 9. The second-order valence-corrected chi connectivity index (χ2v) is 8.34. The number of fused-ring (bicyclic) bond motifs is 1. The number of likely N-dealkylation sites (N-methyl/N-ethyl adjacent to an activating group) is 1. The van der Waals surface area contributed by atoms with Crippen molar-refractivity contribution in [3.05, 3.63) is 23.9 Å². The smallest absolute Gasteiger partial charge is 0.451 e. The molecule has 3 heterocycles. The van der Waals surface area contributed by atoms with Gasteiger partial charge in [0.25, 0.3) is 5.91 Å². The van der Waals surface area contributed by atoms with E-state index >= 15 is 0 Å². The van der Waals surface area contributed by atoms with Gasteiger partial charge in [-0.15, -0.1) is 0 Å². The number of ether oxygens (including phenoxy) is 2. The summed E-state index contributed by atoms with van der Waals surface area (Å²) in [6.07, 6.45) is -1.52. The first-order valence-electron chi connectivity index (χ1n) is 10.3. The molecule has 10 nitrogen and oxygen atoms in total. The summed E-state index contributed by atoms with van der Waals surface area (Å²) in [7, 11) is 3.32. The van der Waals surface area contributed by atoms with Gasteiger partial charge in [-0.1, -0.05) is 0 Å². The average molecular weight is 467 g/mol. The normalized spacial score (nSPS) is 24.6. The molecule has 1 amide bonds. The van der Waals surface area contributed by atoms with Crippen molar-refractivity contribution in [2.45, 2.75) is 50.6 Å². The number of carbonyl (C=O) groups is 1. The quantitative estimate of drug-likeness (QED) is 0.661. The van der Waals surface area contributed by atoms with Gasteiger partial charge in [-0.3, -0.25) is 4.79 Å². The number of nitrogens with zero attached hydrogens (tertiary/aromatic N) is 5. The molecule has 1 saturated carbocycles. The molecule has 1 atom stereocenters. The number of carbonyl (C=O) groups excluding carboxylic acids is 1. The fourth-order valence-electron chi connectivity index (χ4n) is 3.77. The Kier molecular flexibility index (Phi) is 5.76. The topological polar surface area (TPSA) is 114 Å². The van der Waals surface area contributed by atoms with Crippen molar-refractivity contribution in [1.29, 1.82) is 0 Å². The number of aromatic nitrogens is 4. The first-order chi connectivity index (χ1) is 15.5. The van der Waals surface area contributed by atoms with Gasteiger partial charge in [0, 0.05) is 33.0 Å². The van der Waals surface area contributed by atoms with Crippen LogP contribution in [-0.4, -0.2) is 64.3 Å². The fourth-order valence-corrected chi connectivity index (χ4v) is 3.77. The van der Waals surface area contributed by atoms with Crippen molar-refractivity contribution in [3.8, 4) is 5.75 Å². The molecule has 0 spiro atoms. The van der Waals surface area contributed by atoms with Gasteiger partial charge in [-0.25, -0.2) is 15.0 Å². The highest BCUT2D eigenvalue weighted by atomic mass is 19.4. The van der Waals surface area contributed by atoms with E-state index in [1.165, 1.54) is 7.11 Å². The maximum atomic E-state index is 12.6. The zero-order chi connectivity index (χ0) is 24.0. The van der Waals surface area contributed by atoms with Crippen LogP contribution in [-0.2, 0) is 15.7 Å². The summed E-state index contributed by atoms with van der Waals surface area (Å²) in [5.74, 6) is -0.223. The number of rotatable bonds is 6. The minimum absolute atomic E-state index is 0.0247. The lowest BCUT2D eigenvalue weighted by atomic mass is 9.89. The van der Waals surface area contributed by atoms with E-state index in [-0.39, 0.29) is 30.4 Å². The summed E-state index contributed by atoms with van der Waals surface area (Å²) in [5.41, 5.74) is 0.258. The molecule has 178 valence electrons. The molecule has 13 heteroatoms. The molecule has 0 radical (unpaired) electrons. The van der Waals surface area contributed by atoms with Crippen LogP contribution in [0.1, 0.15) is 31.3 Å². The van der Waals surface area contributed by atoms with Crippen molar-refractivity contribution in [2.75, 3.05) is 36.3 Å². The molecule has 33 heavy (non-hydrogen) atoms. The molecule has 2 N–H and O–H groups in total. The molecule has 1 aliphatic heterocycles. The van der Waals surface area contributed by atoms with Gasteiger partial charge in [0.05, 0.1) is 24.7 Å². The number of halogens is 3. The first-order valence-corrected chi connectivity index (χ1v) is 10.3. The Morgan fingerprint density at radius 1 is 1.27 bits per heavy atom. The lowest BCUT2D eigenvalue weighted by Gasteiger charge is -2.42. The lowest BCUT2D eigenvalue weighted by Crippen LogP contribution is -2.59. The van der Waals surface area contributed by atoms with E-state index in [1.807, 2.05) is 0 Å². The van der Waals surface area contributed by atoms with Crippen LogP contribution < -0.4 is 20.3 Å². The predicted octanol–water partition coefficient (Wildman–Crippen LogP) is 2.41. The van der Waals surface area contributed by atoms with Crippen molar-refractivity contribution < 1.29 is 27.4 Å². The van der Waals surface area contributed by atoms with E-state index in [2.05, 4.69) is 30.6 Å². The number of alkyl halides is 3. The van der Waals surface area contributed by atoms with Gasteiger partial charge in [0.2, 0.25) is 11.8 Å². The van der Waals surface area contributed by atoms with Gasteiger partial charge in [-0.2, -0.15) is 18.2 Å². The molecular weight excluding hydrogens is 443 g/mol. The predicted molar refractivity (Wildman–Crippen MR) is 112 cm³/mol. The summed E-state index contributed by atoms with van der Waals surface area (Å²) in [4.78, 5) is 30.0. The summed E-state index contributed by atoms with van der Waals surface area (Å²) < 4.78 is 48.6. The van der Waals surface area contributed by atoms with E-state index in [4.69, 9.17) is 9.47 Å². The van der Waals surface area contributed by atoms with Crippen molar-refractivity contribution in [3.63, 3.8) is 0 Å². The molecule has 4 rings (SSSR count). The van der Waals surface area contributed by atoms with Crippen LogP contribution in [0.15, 0.2) is 12.4 Å². The van der Waals surface area contributed by atoms with E-state index < -0.39 is 17.5 Å². The van der Waals surface area contributed by atoms with Gasteiger partial charge < -0.3 is 25.0 Å². The Morgan fingerprint density at radius 2 is 1.94 bits per heavy atom. The number of methoxy groups -OCH3 is 1. The minimum Gasteiger partial charge on any atom is -0.487 e. The third-order valence-corrected chi connectivity index (χ3v) is 5.89. The summed E-state index contributed by atoms with van der Waals surface area (Å²) >= 11 is 0. The molecule has 0 bridgehead atoms.